The van der Waals surface area contributed by atoms with Crippen LogP contribution in [0.25, 0.3) is 11.1 Å². The van der Waals surface area contributed by atoms with E-state index in [1.165, 1.54) is 0 Å². The quantitative estimate of drug-likeness (QED) is 0.551. The molecule has 1 saturated carbocycles. The normalized spacial score (nSPS) is 16.7. The first kappa shape index (κ1) is 19.3. The van der Waals surface area contributed by atoms with E-state index in [2.05, 4.69) is 9.97 Å². The van der Waals surface area contributed by atoms with Crippen LogP contribution in [-0.4, -0.2) is 18.7 Å². The Morgan fingerprint density at radius 2 is 1.69 bits per heavy atom. The van der Waals surface area contributed by atoms with Crippen LogP contribution in [0.4, 0.5) is 13.2 Å². The topological polar surface area (TPSA) is 65.9 Å². The van der Waals surface area contributed by atoms with E-state index in [4.69, 9.17) is 11.6 Å². The average Bonchev–Trinajstić information content (AvgIpc) is 2.55. The summed E-state index contributed by atoms with van der Waals surface area (Å²) in [5, 5.41) is -0.245. The number of rotatable bonds is 4. The van der Waals surface area contributed by atoms with E-state index in [0.717, 1.165) is 32.1 Å². The molecule has 1 unspecified atom stereocenters. The van der Waals surface area contributed by atoms with Gasteiger partial charge in [0.2, 0.25) is 0 Å². The van der Waals surface area contributed by atoms with Crippen LogP contribution in [0.3, 0.4) is 0 Å². The summed E-state index contributed by atoms with van der Waals surface area (Å²) < 4.78 is 63.9. The Labute approximate surface area is 156 Å². The van der Waals surface area contributed by atoms with E-state index in [9.17, 15) is 21.9 Å². The molecule has 1 fully saturated rings. The standard InChI is InChI=1S/C17H16ClF3N2O2S/c18-17-15(14-11(20)6-10(19)7-12(14)21)16(9-4-2-1-3-5-9)22-13(23-17)8-26(24)25/h6-7,9H,1-5,8H2,(H,24,25)/p-1. The largest absolute Gasteiger partial charge is 0.772 e. The van der Waals surface area contributed by atoms with Gasteiger partial charge in [-0.25, -0.2) is 23.1 Å². The SMILES string of the molecule is O=S([O-])Cc1nc(Cl)c(-c2c(F)cc(F)cc2F)c(C2CCCCC2)n1. The summed E-state index contributed by atoms with van der Waals surface area (Å²) in [6, 6.07) is 1.14. The molecular weight excluding hydrogens is 389 g/mol. The molecule has 1 aromatic carbocycles. The van der Waals surface area contributed by atoms with Crippen molar-refractivity contribution in [1.82, 2.24) is 9.97 Å². The van der Waals surface area contributed by atoms with Crippen molar-refractivity contribution in [2.24, 2.45) is 0 Å². The Balaban J connectivity index is 2.21. The van der Waals surface area contributed by atoms with Crippen molar-refractivity contribution in [3.05, 3.63) is 46.3 Å². The minimum absolute atomic E-state index is 0.0319. The first-order chi connectivity index (χ1) is 12.4. The first-order valence-electron chi connectivity index (χ1n) is 8.14. The van der Waals surface area contributed by atoms with E-state index in [0.29, 0.717) is 17.8 Å². The van der Waals surface area contributed by atoms with Gasteiger partial charge < -0.3 is 4.55 Å². The summed E-state index contributed by atoms with van der Waals surface area (Å²) in [6.07, 6.45) is 4.36. The van der Waals surface area contributed by atoms with Gasteiger partial charge in [0.15, 0.2) is 0 Å². The second-order valence-electron chi connectivity index (χ2n) is 6.22. The van der Waals surface area contributed by atoms with E-state index >= 15 is 0 Å². The molecule has 9 heteroatoms. The summed E-state index contributed by atoms with van der Waals surface area (Å²) in [7, 11) is 0. The van der Waals surface area contributed by atoms with Crippen LogP contribution < -0.4 is 0 Å². The molecule has 0 bridgehead atoms. The highest BCUT2D eigenvalue weighted by molar-refractivity contribution is 7.78. The van der Waals surface area contributed by atoms with Crippen molar-refractivity contribution in [3.8, 4) is 11.1 Å². The molecule has 2 aromatic rings. The van der Waals surface area contributed by atoms with Crippen LogP contribution in [0, 0.1) is 17.5 Å². The summed E-state index contributed by atoms with van der Waals surface area (Å²) in [4.78, 5) is 8.15. The second kappa shape index (κ2) is 8.02. The second-order valence-corrected chi connectivity index (χ2v) is 7.47. The van der Waals surface area contributed by atoms with Crippen LogP contribution in [0.1, 0.15) is 49.5 Å². The predicted molar refractivity (Wildman–Crippen MR) is 90.8 cm³/mol. The van der Waals surface area contributed by atoms with Gasteiger partial charge in [-0.15, -0.1) is 0 Å². The highest BCUT2D eigenvalue weighted by Crippen LogP contribution is 2.41. The summed E-state index contributed by atoms with van der Waals surface area (Å²) in [5.41, 5.74) is -0.213. The zero-order chi connectivity index (χ0) is 18.8. The van der Waals surface area contributed by atoms with Gasteiger partial charge in [-0.1, -0.05) is 30.9 Å². The maximum Gasteiger partial charge on any atom is 0.141 e. The monoisotopic (exact) mass is 403 g/mol. The van der Waals surface area contributed by atoms with Gasteiger partial charge in [0.05, 0.1) is 17.0 Å². The maximum atomic E-state index is 14.3. The van der Waals surface area contributed by atoms with Crippen molar-refractivity contribution in [2.45, 2.75) is 43.8 Å². The van der Waals surface area contributed by atoms with E-state index in [-0.39, 0.29) is 22.5 Å². The number of benzene rings is 1. The van der Waals surface area contributed by atoms with Crippen LogP contribution in [0.15, 0.2) is 12.1 Å². The Kier molecular flexibility index (Phi) is 5.94. The first-order valence-corrected chi connectivity index (χ1v) is 9.76. The van der Waals surface area contributed by atoms with Crippen LogP contribution in [0.2, 0.25) is 5.15 Å². The average molecular weight is 404 g/mol. The molecule has 26 heavy (non-hydrogen) atoms. The van der Waals surface area contributed by atoms with E-state index < -0.39 is 39.8 Å². The fourth-order valence-electron chi connectivity index (χ4n) is 3.35. The van der Waals surface area contributed by atoms with Crippen molar-refractivity contribution in [1.29, 1.82) is 0 Å². The predicted octanol–water partition coefficient (Wildman–Crippen LogP) is 4.64. The minimum atomic E-state index is -2.43. The Morgan fingerprint density at radius 3 is 2.27 bits per heavy atom. The fraction of sp³-hybridized carbons (Fsp3) is 0.412. The number of hydrogen-bond acceptors (Lipinski definition) is 4. The summed E-state index contributed by atoms with van der Waals surface area (Å²) in [5.74, 6) is -3.86. The minimum Gasteiger partial charge on any atom is -0.772 e. The molecule has 0 saturated heterocycles. The molecule has 140 valence electrons. The Morgan fingerprint density at radius 1 is 1.08 bits per heavy atom. The van der Waals surface area contributed by atoms with Crippen LogP contribution in [-0.2, 0) is 16.8 Å². The third kappa shape index (κ3) is 4.07. The molecule has 0 radical (unpaired) electrons. The third-order valence-corrected chi connectivity index (χ3v) is 5.20. The highest BCUT2D eigenvalue weighted by Gasteiger charge is 2.28. The number of hydrogen-bond donors (Lipinski definition) is 0. The lowest BCUT2D eigenvalue weighted by molar-refractivity contribution is 0.435. The van der Waals surface area contributed by atoms with Crippen molar-refractivity contribution in [2.75, 3.05) is 0 Å². The number of aromatic nitrogens is 2. The van der Waals surface area contributed by atoms with E-state index in [1.54, 1.807) is 0 Å². The number of halogens is 4. The molecule has 1 heterocycles. The van der Waals surface area contributed by atoms with Crippen LogP contribution >= 0.6 is 11.6 Å². The molecule has 0 N–H and O–H groups in total. The maximum absolute atomic E-state index is 14.3. The third-order valence-electron chi connectivity index (χ3n) is 4.43. The Bertz CT molecular complexity index is 837. The fourth-order valence-corrected chi connectivity index (χ4v) is 3.98. The molecule has 0 spiro atoms. The number of nitrogens with zero attached hydrogens (tertiary/aromatic N) is 2. The molecule has 0 aliphatic heterocycles. The molecule has 0 amide bonds. The molecule has 1 aliphatic carbocycles. The van der Waals surface area contributed by atoms with Gasteiger partial charge in [-0.05, 0) is 23.9 Å². The smallest absolute Gasteiger partial charge is 0.141 e. The van der Waals surface area contributed by atoms with E-state index in [1.807, 2.05) is 0 Å². The zero-order valence-corrected chi connectivity index (χ0v) is 15.2. The molecule has 3 rings (SSSR count). The van der Waals surface area contributed by atoms with Gasteiger partial charge in [0.1, 0.15) is 28.4 Å². The van der Waals surface area contributed by atoms with Crippen LogP contribution in [0.5, 0.6) is 0 Å². The molecule has 1 atom stereocenters. The molecule has 1 aliphatic rings. The van der Waals surface area contributed by atoms with Gasteiger partial charge >= 0.3 is 0 Å². The molecular formula is C17H15ClF3N2O2S-. The lowest BCUT2D eigenvalue weighted by atomic mass is 9.84. The summed E-state index contributed by atoms with van der Waals surface area (Å²) in [6.45, 7) is 0. The molecule has 1 aromatic heterocycles. The van der Waals surface area contributed by atoms with Crippen molar-refractivity contribution >= 4 is 22.7 Å². The van der Waals surface area contributed by atoms with Gasteiger partial charge in [-0.2, -0.15) is 0 Å². The Hall–Kier alpha value is -1.51. The van der Waals surface area contributed by atoms with Crippen molar-refractivity contribution < 1.29 is 21.9 Å². The zero-order valence-electron chi connectivity index (χ0n) is 13.6. The lowest BCUT2D eigenvalue weighted by Crippen LogP contribution is -2.13. The molecule has 4 nitrogen and oxygen atoms in total. The highest BCUT2D eigenvalue weighted by atomic mass is 35.5. The van der Waals surface area contributed by atoms with Crippen molar-refractivity contribution in [3.63, 3.8) is 0 Å². The van der Waals surface area contributed by atoms with Gasteiger partial charge in [-0.3, -0.25) is 4.21 Å². The van der Waals surface area contributed by atoms with Gasteiger partial charge in [0, 0.05) is 23.6 Å². The lowest BCUT2D eigenvalue weighted by Gasteiger charge is -2.24. The summed E-state index contributed by atoms with van der Waals surface area (Å²) >= 11 is 3.74. The van der Waals surface area contributed by atoms with Gasteiger partial charge in [0.25, 0.3) is 0 Å².